The first-order chi connectivity index (χ1) is 9.24. The van der Waals surface area contributed by atoms with Crippen LogP contribution in [0.25, 0.3) is 0 Å². The molecule has 0 spiro atoms. The molecule has 2 rings (SSSR count). The molecule has 4 nitrogen and oxygen atoms in total. The van der Waals surface area contributed by atoms with Gasteiger partial charge in [0, 0.05) is 20.7 Å². The van der Waals surface area contributed by atoms with Crippen molar-refractivity contribution in [3.63, 3.8) is 0 Å². The molecule has 0 unspecified atom stereocenters. The standard InChI is InChI=1S/C14H24N2O2S/c1-16(8-11-6-4-3-5-7-11)14-15-12(10-18-2)13(9-17)19-14/h11,17H,3-10H2,1-2H3. The zero-order valence-electron chi connectivity index (χ0n) is 11.9. The average molecular weight is 284 g/mol. The van der Waals surface area contributed by atoms with E-state index >= 15 is 0 Å². The molecule has 5 heteroatoms. The van der Waals surface area contributed by atoms with Crippen molar-refractivity contribution in [2.24, 2.45) is 5.92 Å². The number of ether oxygens (including phenoxy) is 1. The molecule has 1 aromatic rings. The maximum Gasteiger partial charge on any atom is 0.185 e. The van der Waals surface area contributed by atoms with Gasteiger partial charge in [-0.3, -0.25) is 0 Å². The number of anilines is 1. The van der Waals surface area contributed by atoms with E-state index in [1.165, 1.54) is 32.1 Å². The highest BCUT2D eigenvalue weighted by atomic mass is 32.1. The first-order valence-corrected chi connectivity index (χ1v) is 7.85. The molecule has 1 N–H and O–H groups in total. The van der Waals surface area contributed by atoms with Crippen molar-refractivity contribution in [2.45, 2.75) is 45.3 Å². The van der Waals surface area contributed by atoms with Crippen LogP contribution in [0.4, 0.5) is 5.13 Å². The molecule has 1 aliphatic carbocycles. The lowest BCUT2D eigenvalue weighted by molar-refractivity contribution is 0.179. The number of hydrogen-bond donors (Lipinski definition) is 1. The van der Waals surface area contributed by atoms with Crippen LogP contribution in [0.3, 0.4) is 0 Å². The van der Waals surface area contributed by atoms with E-state index in [2.05, 4.69) is 16.9 Å². The number of thiazole rings is 1. The molecular weight excluding hydrogens is 260 g/mol. The maximum absolute atomic E-state index is 9.36. The molecule has 0 aliphatic heterocycles. The van der Waals surface area contributed by atoms with E-state index in [-0.39, 0.29) is 6.61 Å². The van der Waals surface area contributed by atoms with Crippen molar-refractivity contribution < 1.29 is 9.84 Å². The Hall–Kier alpha value is -0.650. The third-order valence-electron chi connectivity index (χ3n) is 3.77. The van der Waals surface area contributed by atoms with E-state index in [9.17, 15) is 5.11 Å². The monoisotopic (exact) mass is 284 g/mol. The SMILES string of the molecule is COCc1nc(N(C)CC2CCCCC2)sc1CO. The average Bonchev–Trinajstić information content (AvgIpc) is 2.83. The van der Waals surface area contributed by atoms with Crippen LogP contribution in [0.5, 0.6) is 0 Å². The summed E-state index contributed by atoms with van der Waals surface area (Å²) in [6, 6.07) is 0. The molecule has 0 radical (unpaired) electrons. The summed E-state index contributed by atoms with van der Waals surface area (Å²) in [5.41, 5.74) is 0.875. The van der Waals surface area contributed by atoms with Crippen molar-refractivity contribution in [1.82, 2.24) is 4.98 Å². The topological polar surface area (TPSA) is 45.6 Å². The number of nitrogens with zero attached hydrogens (tertiary/aromatic N) is 2. The van der Waals surface area contributed by atoms with Gasteiger partial charge in [0.1, 0.15) is 0 Å². The van der Waals surface area contributed by atoms with E-state index in [0.29, 0.717) is 6.61 Å². The van der Waals surface area contributed by atoms with Gasteiger partial charge in [0.25, 0.3) is 0 Å². The summed E-state index contributed by atoms with van der Waals surface area (Å²) in [7, 11) is 3.76. The Balaban J connectivity index is 1.99. The lowest BCUT2D eigenvalue weighted by Gasteiger charge is -2.26. The van der Waals surface area contributed by atoms with Crippen molar-refractivity contribution in [3.8, 4) is 0 Å². The van der Waals surface area contributed by atoms with E-state index in [1.54, 1.807) is 18.4 Å². The molecule has 1 fully saturated rings. The van der Waals surface area contributed by atoms with E-state index in [0.717, 1.165) is 28.2 Å². The smallest absolute Gasteiger partial charge is 0.185 e. The van der Waals surface area contributed by atoms with E-state index < -0.39 is 0 Å². The minimum absolute atomic E-state index is 0.0492. The van der Waals surface area contributed by atoms with Crippen molar-refractivity contribution in [3.05, 3.63) is 10.6 Å². The third-order valence-corrected chi connectivity index (χ3v) is 4.97. The van der Waals surface area contributed by atoms with Crippen molar-refractivity contribution in [1.29, 1.82) is 0 Å². The lowest BCUT2D eigenvalue weighted by Crippen LogP contribution is -2.26. The summed E-state index contributed by atoms with van der Waals surface area (Å²) in [6.07, 6.45) is 6.81. The van der Waals surface area contributed by atoms with Crippen LogP contribution in [-0.2, 0) is 18.0 Å². The Morgan fingerprint density at radius 2 is 2.11 bits per heavy atom. The molecule has 0 aromatic carbocycles. The van der Waals surface area contributed by atoms with E-state index in [1.807, 2.05) is 0 Å². The molecule has 1 aromatic heterocycles. The second-order valence-corrected chi connectivity index (χ2v) is 6.40. The van der Waals surface area contributed by atoms with Crippen LogP contribution >= 0.6 is 11.3 Å². The van der Waals surface area contributed by atoms with Crippen LogP contribution in [0.15, 0.2) is 0 Å². The summed E-state index contributed by atoms with van der Waals surface area (Å²) in [5, 5.41) is 10.4. The first-order valence-electron chi connectivity index (χ1n) is 7.04. The van der Waals surface area contributed by atoms with Crippen LogP contribution in [0, 0.1) is 5.92 Å². The number of aliphatic hydroxyl groups excluding tert-OH is 1. The maximum atomic E-state index is 9.36. The molecule has 0 amide bonds. The summed E-state index contributed by atoms with van der Waals surface area (Å²) in [4.78, 5) is 7.75. The Morgan fingerprint density at radius 1 is 1.37 bits per heavy atom. The third kappa shape index (κ3) is 3.91. The Bertz CT molecular complexity index is 389. The normalized spacial score (nSPS) is 16.8. The minimum atomic E-state index is 0.0492. The first kappa shape index (κ1) is 14.8. The van der Waals surface area contributed by atoms with Crippen LogP contribution in [0.1, 0.15) is 42.7 Å². The molecule has 19 heavy (non-hydrogen) atoms. The Labute approximate surface area is 119 Å². The van der Waals surface area contributed by atoms with Gasteiger partial charge >= 0.3 is 0 Å². The number of aliphatic hydroxyl groups is 1. The zero-order chi connectivity index (χ0) is 13.7. The van der Waals surface area contributed by atoms with Gasteiger partial charge in [0.05, 0.1) is 23.8 Å². The molecule has 1 aliphatic rings. The fourth-order valence-corrected chi connectivity index (χ4v) is 3.63. The predicted octanol–water partition coefficient (Wildman–Crippen LogP) is 2.80. The molecule has 108 valence electrons. The minimum Gasteiger partial charge on any atom is -0.391 e. The van der Waals surface area contributed by atoms with Gasteiger partial charge in [0.2, 0.25) is 0 Å². The number of aromatic nitrogens is 1. The van der Waals surface area contributed by atoms with Gasteiger partial charge in [-0.05, 0) is 18.8 Å². The number of hydrogen-bond acceptors (Lipinski definition) is 5. The molecule has 0 saturated heterocycles. The molecule has 1 saturated carbocycles. The fourth-order valence-electron chi connectivity index (χ4n) is 2.74. The zero-order valence-corrected chi connectivity index (χ0v) is 12.7. The van der Waals surface area contributed by atoms with Gasteiger partial charge in [0.15, 0.2) is 5.13 Å². The molecule has 0 atom stereocenters. The van der Waals surface area contributed by atoms with Gasteiger partial charge in [-0.1, -0.05) is 30.6 Å². The second-order valence-electron chi connectivity index (χ2n) is 5.34. The highest BCUT2D eigenvalue weighted by molar-refractivity contribution is 7.15. The van der Waals surface area contributed by atoms with Gasteiger partial charge < -0.3 is 14.7 Å². The molecule has 1 heterocycles. The predicted molar refractivity (Wildman–Crippen MR) is 78.6 cm³/mol. The summed E-state index contributed by atoms with van der Waals surface area (Å²) in [5.74, 6) is 0.797. The summed E-state index contributed by atoms with van der Waals surface area (Å²) in [6.45, 7) is 1.60. The highest BCUT2D eigenvalue weighted by Crippen LogP contribution is 2.29. The summed E-state index contributed by atoms with van der Waals surface area (Å²) >= 11 is 1.58. The second kappa shape index (κ2) is 7.22. The van der Waals surface area contributed by atoms with Gasteiger partial charge in [-0.2, -0.15) is 0 Å². The van der Waals surface area contributed by atoms with Gasteiger partial charge in [-0.25, -0.2) is 4.98 Å². The Kier molecular flexibility index (Phi) is 5.60. The van der Waals surface area contributed by atoms with Crippen LogP contribution in [0.2, 0.25) is 0 Å². The Morgan fingerprint density at radius 3 is 2.74 bits per heavy atom. The van der Waals surface area contributed by atoms with Gasteiger partial charge in [-0.15, -0.1) is 0 Å². The van der Waals surface area contributed by atoms with Crippen LogP contribution in [-0.4, -0.2) is 30.8 Å². The molecular formula is C14H24N2O2S. The number of rotatable bonds is 6. The van der Waals surface area contributed by atoms with Crippen LogP contribution < -0.4 is 4.90 Å². The van der Waals surface area contributed by atoms with Crippen molar-refractivity contribution >= 4 is 16.5 Å². The largest absolute Gasteiger partial charge is 0.391 e. The summed E-state index contributed by atoms with van der Waals surface area (Å²) < 4.78 is 5.13. The molecule has 0 bridgehead atoms. The highest BCUT2D eigenvalue weighted by Gasteiger charge is 2.18. The number of methoxy groups -OCH3 is 1. The van der Waals surface area contributed by atoms with Crippen molar-refractivity contribution in [2.75, 3.05) is 25.6 Å². The fraction of sp³-hybridized carbons (Fsp3) is 0.786. The quantitative estimate of drug-likeness (QED) is 0.872. The lowest BCUT2D eigenvalue weighted by atomic mass is 9.89. The van der Waals surface area contributed by atoms with E-state index in [4.69, 9.17) is 4.74 Å².